The molecule has 0 spiro atoms. The van der Waals surface area contributed by atoms with Gasteiger partial charge in [0, 0.05) is 12.1 Å². The molecule has 0 aliphatic carbocycles. The number of methoxy groups -OCH3 is 1. The molecule has 0 unspecified atom stereocenters. The van der Waals surface area contributed by atoms with Crippen LogP contribution in [0.2, 0.25) is 0 Å². The summed E-state index contributed by atoms with van der Waals surface area (Å²) in [4.78, 5) is 15.6. The number of quaternary nitrogens is 2. The lowest BCUT2D eigenvalue weighted by Gasteiger charge is -2.32. The first kappa shape index (κ1) is 20.4. The lowest BCUT2D eigenvalue weighted by Crippen LogP contribution is -3.29. The third-order valence-electron chi connectivity index (χ3n) is 5.77. The molecule has 2 aromatic carbocycles. The number of ether oxygens (including phenoxy) is 1. The number of hydrogen-bond donors (Lipinski definition) is 3. The first-order valence-corrected chi connectivity index (χ1v) is 10.3. The molecule has 1 aliphatic heterocycles. The molecule has 28 heavy (non-hydrogen) atoms. The van der Waals surface area contributed by atoms with E-state index in [0.717, 1.165) is 44.9 Å². The summed E-state index contributed by atoms with van der Waals surface area (Å²) in [6.07, 6.45) is 0.840. The van der Waals surface area contributed by atoms with Crippen LogP contribution in [0.5, 0.6) is 5.75 Å². The van der Waals surface area contributed by atoms with Crippen LogP contribution in [0.4, 0.5) is 0 Å². The quantitative estimate of drug-likeness (QED) is 0.588. The number of carbonyl (C=O) groups is 1. The molecule has 0 radical (unpaired) electrons. The maximum atomic E-state index is 12.5. The van der Waals surface area contributed by atoms with Crippen LogP contribution >= 0.6 is 0 Å². The minimum atomic E-state index is 0.00847. The normalized spacial score (nSPS) is 20.4. The number of carbonyl (C=O) groups excluding carboxylic acids is 1. The molecule has 1 saturated heterocycles. The Kier molecular flexibility index (Phi) is 7.46. The molecule has 3 N–H and O–H groups in total. The van der Waals surface area contributed by atoms with Gasteiger partial charge in [-0.1, -0.05) is 42.5 Å². The van der Waals surface area contributed by atoms with E-state index in [9.17, 15) is 4.79 Å². The predicted octanol–water partition coefficient (Wildman–Crippen LogP) is -0.274. The second kappa shape index (κ2) is 10.2. The number of rotatable bonds is 8. The van der Waals surface area contributed by atoms with Crippen molar-refractivity contribution < 1.29 is 19.3 Å². The molecule has 0 aromatic heterocycles. The van der Waals surface area contributed by atoms with Gasteiger partial charge in [0.05, 0.1) is 7.11 Å². The molecule has 0 saturated carbocycles. The molecule has 0 bridgehead atoms. The van der Waals surface area contributed by atoms with Crippen LogP contribution in [0.25, 0.3) is 0 Å². The molecule has 1 amide bonds. The Hall–Kier alpha value is -2.37. The topological polar surface area (TPSA) is 47.2 Å². The highest BCUT2D eigenvalue weighted by atomic mass is 16.5. The van der Waals surface area contributed by atoms with E-state index < -0.39 is 0 Å². The van der Waals surface area contributed by atoms with E-state index in [1.807, 2.05) is 12.1 Å². The van der Waals surface area contributed by atoms with Crippen molar-refractivity contribution in [2.75, 3.05) is 39.8 Å². The van der Waals surface area contributed by atoms with E-state index >= 15 is 0 Å². The van der Waals surface area contributed by atoms with Gasteiger partial charge in [0.1, 0.15) is 38.5 Å². The number of benzene rings is 2. The summed E-state index contributed by atoms with van der Waals surface area (Å²) < 4.78 is 5.18. The van der Waals surface area contributed by atoms with Crippen LogP contribution in [0.1, 0.15) is 18.1 Å². The van der Waals surface area contributed by atoms with Gasteiger partial charge in [-0.15, -0.1) is 0 Å². The fraction of sp³-hybridized carbons (Fsp3) is 0.435. The highest BCUT2D eigenvalue weighted by Gasteiger charge is 2.30. The molecule has 1 fully saturated rings. The van der Waals surface area contributed by atoms with Crippen LogP contribution in [-0.4, -0.2) is 51.8 Å². The van der Waals surface area contributed by atoms with E-state index in [1.165, 1.54) is 16.0 Å². The zero-order chi connectivity index (χ0) is 19.8. The van der Waals surface area contributed by atoms with Crippen molar-refractivity contribution in [1.29, 1.82) is 0 Å². The molecule has 1 aliphatic rings. The standard InChI is InChI=1S/C23H31N3O2/c1-19(23(27)24-13-12-20-8-10-22(28-2)11-9-20)26-16-14-25(15-17-26)18-21-6-4-3-5-7-21/h3-11,19H,12-18H2,1-2H3,(H,24,27)/p+2/t19-/m1/s1. The first-order valence-electron chi connectivity index (χ1n) is 10.3. The zero-order valence-electron chi connectivity index (χ0n) is 17.0. The largest absolute Gasteiger partial charge is 0.497 e. The van der Waals surface area contributed by atoms with Gasteiger partial charge in [0.15, 0.2) is 6.04 Å². The molecule has 150 valence electrons. The van der Waals surface area contributed by atoms with Gasteiger partial charge in [0.2, 0.25) is 0 Å². The fourth-order valence-corrected chi connectivity index (χ4v) is 3.88. The van der Waals surface area contributed by atoms with Crippen molar-refractivity contribution in [3.8, 4) is 5.75 Å². The Balaban J connectivity index is 1.37. The smallest absolute Gasteiger partial charge is 0.278 e. The zero-order valence-corrected chi connectivity index (χ0v) is 17.0. The number of nitrogens with one attached hydrogen (secondary N) is 3. The van der Waals surface area contributed by atoms with Crippen molar-refractivity contribution in [2.45, 2.75) is 25.9 Å². The van der Waals surface area contributed by atoms with E-state index in [-0.39, 0.29) is 11.9 Å². The van der Waals surface area contributed by atoms with Gasteiger partial charge in [0.25, 0.3) is 5.91 Å². The summed E-state index contributed by atoms with van der Waals surface area (Å²) in [5.41, 5.74) is 2.60. The SMILES string of the molecule is COc1ccc(CCNC(=O)[C@@H](C)[NH+]2CC[NH+](Cc3ccccc3)CC2)cc1. The molecular formula is C23H33N3O2+2. The minimum absolute atomic E-state index is 0.00847. The highest BCUT2D eigenvalue weighted by Crippen LogP contribution is 2.11. The Bertz CT molecular complexity index is 725. The van der Waals surface area contributed by atoms with Gasteiger partial charge in [-0.25, -0.2) is 0 Å². The summed E-state index contributed by atoms with van der Waals surface area (Å²) in [5, 5.41) is 3.11. The van der Waals surface area contributed by atoms with Crippen LogP contribution in [0.3, 0.4) is 0 Å². The number of piperazine rings is 1. The van der Waals surface area contributed by atoms with Crippen molar-refractivity contribution in [2.24, 2.45) is 0 Å². The van der Waals surface area contributed by atoms with Crippen molar-refractivity contribution in [1.82, 2.24) is 5.32 Å². The third-order valence-corrected chi connectivity index (χ3v) is 5.77. The molecule has 5 nitrogen and oxygen atoms in total. The molecule has 2 aromatic rings. The van der Waals surface area contributed by atoms with E-state index in [2.05, 4.69) is 54.7 Å². The summed E-state index contributed by atoms with van der Waals surface area (Å²) in [7, 11) is 1.67. The van der Waals surface area contributed by atoms with Crippen molar-refractivity contribution in [3.63, 3.8) is 0 Å². The van der Waals surface area contributed by atoms with E-state index in [0.29, 0.717) is 6.54 Å². The second-order valence-electron chi connectivity index (χ2n) is 7.68. The van der Waals surface area contributed by atoms with Crippen molar-refractivity contribution in [3.05, 3.63) is 65.7 Å². The summed E-state index contributed by atoms with van der Waals surface area (Å²) in [6, 6.07) is 18.7. The summed E-state index contributed by atoms with van der Waals surface area (Å²) in [5.74, 6) is 1.02. The highest BCUT2D eigenvalue weighted by molar-refractivity contribution is 5.79. The minimum Gasteiger partial charge on any atom is -0.497 e. The Morgan fingerprint density at radius 1 is 1.00 bits per heavy atom. The van der Waals surface area contributed by atoms with Gasteiger partial charge >= 0.3 is 0 Å². The average Bonchev–Trinajstić information content (AvgIpc) is 2.75. The van der Waals surface area contributed by atoms with Crippen LogP contribution < -0.4 is 19.9 Å². The predicted molar refractivity (Wildman–Crippen MR) is 111 cm³/mol. The Morgan fingerprint density at radius 2 is 1.68 bits per heavy atom. The molecule has 3 rings (SSSR count). The van der Waals surface area contributed by atoms with Crippen LogP contribution in [0, 0.1) is 0 Å². The lowest BCUT2D eigenvalue weighted by molar-refractivity contribution is -1.02. The molecular weight excluding hydrogens is 350 g/mol. The van der Waals surface area contributed by atoms with Gasteiger partial charge in [-0.2, -0.15) is 0 Å². The fourth-order valence-electron chi connectivity index (χ4n) is 3.88. The van der Waals surface area contributed by atoms with Gasteiger partial charge < -0.3 is 19.9 Å². The van der Waals surface area contributed by atoms with E-state index in [4.69, 9.17) is 4.74 Å². The van der Waals surface area contributed by atoms with E-state index in [1.54, 1.807) is 12.0 Å². The molecule has 1 heterocycles. The maximum Gasteiger partial charge on any atom is 0.278 e. The van der Waals surface area contributed by atoms with Gasteiger partial charge in [-0.05, 0) is 31.0 Å². The Labute approximate surface area is 168 Å². The summed E-state index contributed by atoms with van der Waals surface area (Å²) in [6.45, 7) is 8.15. The number of hydrogen-bond acceptors (Lipinski definition) is 2. The van der Waals surface area contributed by atoms with Crippen LogP contribution in [-0.2, 0) is 17.8 Å². The average molecular weight is 384 g/mol. The van der Waals surface area contributed by atoms with Crippen LogP contribution in [0.15, 0.2) is 54.6 Å². The lowest BCUT2D eigenvalue weighted by atomic mass is 10.1. The monoisotopic (exact) mass is 383 g/mol. The second-order valence-corrected chi connectivity index (χ2v) is 7.68. The first-order chi connectivity index (χ1) is 13.7. The number of amides is 1. The molecule has 1 atom stereocenters. The van der Waals surface area contributed by atoms with Crippen molar-refractivity contribution >= 4 is 5.91 Å². The molecule has 5 heteroatoms. The Morgan fingerprint density at radius 3 is 2.32 bits per heavy atom. The van der Waals surface area contributed by atoms with Gasteiger partial charge in [-0.3, -0.25) is 4.79 Å². The summed E-state index contributed by atoms with van der Waals surface area (Å²) >= 11 is 0. The third kappa shape index (κ3) is 5.81. The maximum absolute atomic E-state index is 12.5.